The van der Waals surface area contributed by atoms with E-state index in [1.54, 1.807) is 0 Å². The van der Waals surface area contributed by atoms with Gasteiger partial charge in [0.15, 0.2) is 0 Å². The highest BCUT2D eigenvalue weighted by molar-refractivity contribution is 5.32. The molecule has 0 radical (unpaired) electrons. The van der Waals surface area contributed by atoms with Crippen LogP contribution in [0.2, 0.25) is 0 Å². The molecule has 1 aromatic rings. The van der Waals surface area contributed by atoms with E-state index in [0.29, 0.717) is 0 Å². The molecule has 2 heterocycles. The Kier molecular flexibility index (Phi) is 4.31. The third kappa shape index (κ3) is 3.40. The second-order valence-electron chi connectivity index (χ2n) is 4.63. The van der Waals surface area contributed by atoms with Gasteiger partial charge in [-0.05, 0) is 38.8 Å². The maximum atomic E-state index is 4.65. The number of aromatic nitrogens is 2. The molecule has 17 heavy (non-hydrogen) atoms. The summed E-state index contributed by atoms with van der Waals surface area (Å²) in [5.74, 6) is 0.914. The Morgan fingerprint density at radius 3 is 2.71 bits per heavy atom. The third-order valence-corrected chi connectivity index (χ3v) is 3.09. The Morgan fingerprint density at radius 2 is 2.00 bits per heavy atom. The van der Waals surface area contributed by atoms with E-state index in [0.717, 1.165) is 43.5 Å². The molecule has 4 nitrogen and oxygen atoms in total. The van der Waals surface area contributed by atoms with Crippen molar-refractivity contribution in [3.8, 4) is 0 Å². The van der Waals surface area contributed by atoms with Crippen LogP contribution in [-0.4, -0.2) is 29.6 Å². The molecule has 0 saturated carbocycles. The fraction of sp³-hybridized carbons (Fsp3) is 0.692. The van der Waals surface area contributed by atoms with Crippen molar-refractivity contribution in [3.05, 3.63) is 17.5 Å². The lowest BCUT2D eigenvalue weighted by atomic mass is 10.1. The summed E-state index contributed by atoms with van der Waals surface area (Å²) >= 11 is 0. The first-order valence-corrected chi connectivity index (χ1v) is 6.60. The molecule has 0 spiro atoms. The number of nitrogens with one attached hydrogen (secondary N) is 1. The van der Waals surface area contributed by atoms with Gasteiger partial charge < -0.3 is 10.2 Å². The normalized spacial score (nSPS) is 16.2. The highest BCUT2D eigenvalue weighted by atomic mass is 15.3. The van der Waals surface area contributed by atoms with Crippen molar-refractivity contribution in [2.75, 3.05) is 24.5 Å². The molecule has 1 N–H and O–H groups in total. The highest BCUT2D eigenvalue weighted by Gasteiger charge is 2.14. The summed E-state index contributed by atoms with van der Waals surface area (Å²) in [6.07, 6.45) is 3.87. The van der Waals surface area contributed by atoms with Crippen LogP contribution < -0.4 is 10.2 Å². The molecule has 0 aliphatic carbocycles. The Labute approximate surface area is 103 Å². The Hall–Kier alpha value is -1.16. The SMILES string of the molecule is CCNCc1cc(C)nc(N2CCCCC2)n1. The summed E-state index contributed by atoms with van der Waals surface area (Å²) in [6.45, 7) is 8.17. The number of hydrogen-bond acceptors (Lipinski definition) is 4. The van der Waals surface area contributed by atoms with Gasteiger partial charge in [-0.3, -0.25) is 0 Å². The summed E-state index contributed by atoms with van der Waals surface area (Å²) in [7, 11) is 0. The number of anilines is 1. The first kappa shape index (κ1) is 12.3. The zero-order valence-corrected chi connectivity index (χ0v) is 10.9. The van der Waals surface area contributed by atoms with Gasteiger partial charge in [0, 0.05) is 25.3 Å². The van der Waals surface area contributed by atoms with E-state index in [1.165, 1.54) is 19.3 Å². The van der Waals surface area contributed by atoms with Crippen LogP contribution in [0.1, 0.15) is 37.6 Å². The molecule has 0 bridgehead atoms. The Balaban J connectivity index is 2.12. The predicted molar refractivity (Wildman–Crippen MR) is 70.2 cm³/mol. The van der Waals surface area contributed by atoms with Crippen LogP contribution >= 0.6 is 0 Å². The highest BCUT2D eigenvalue weighted by Crippen LogP contribution is 2.16. The average molecular weight is 234 g/mol. The van der Waals surface area contributed by atoms with Gasteiger partial charge in [-0.25, -0.2) is 9.97 Å². The van der Waals surface area contributed by atoms with E-state index < -0.39 is 0 Å². The molecular weight excluding hydrogens is 212 g/mol. The molecule has 1 saturated heterocycles. The Bertz CT molecular complexity index is 358. The van der Waals surface area contributed by atoms with Crippen LogP contribution in [0.4, 0.5) is 5.95 Å². The minimum atomic E-state index is 0.834. The van der Waals surface area contributed by atoms with Crippen LogP contribution in [0.3, 0.4) is 0 Å². The van der Waals surface area contributed by atoms with E-state index in [9.17, 15) is 0 Å². The number of hydrogen-bond donors (Lipinski definition) is 1. The van der Waals surface area contributed by atoms with E-state index in [2.05, 4.69) is 33.2 Å². The molecule has 2 rings (SSSR count). The minimum Gasteiger partial charge on any atom is -0.341 e. The van der Waals surface area contributed by atoms with Gasteiger partial charge in [-0.15, -0.1) is 0 Å². The summed E-state index contributed by atoms with van der Waals surface area (Å²) in [5, 5.41) is 3.31. The smallest absolute Gasteiger partial charge is 0.225 e. The van der Waals surface area contributed by atoms with Crippen LogP contribution in [-0.2, 0) is 6.54 Å². The van der Waals surface area contributed by atoms with Crippen molar-refractivity contribution in [1.29, 1.82) is 0 Å². The van der Waals surface area contributed by atoms with Crippen LogP contribution in [0, 0.1) is 6.92 Å². The number of piperidine rings is 1. The summed E-state index contributed by atoms with van der Waals surface area (Å²) < 4.78 is 0. The molecule has 1 aliphatic heterocycles. The predicted octanol–water partition coefficient (Wildman–Crippen LogP) is 1.88. The van der Waals surface area contributed by atoms with E-state index in [4.69, 9.17) is 0 Å². The minimum absolute atomic E-state index is 0.834. The van der Waals surface area contributed by atoms with Gasteiger partial charge in [0.25, 0.3) is 0 Å². The quantitative estimate of drug-likeness (QED) is 0.863. The van der Waals surface area contributed by atoms with Gasteiger partial charge in [-0.2, -0.15) is 0 Å². The van der Waals surface area contributed by atoms with Crippen molar-refractivity contribution >= 4 is 5.95 Å². The van der Waals surface area contributed by atoms with E-state index >= 15 is 0 Å². The number of aryl methyl sites for hydroxylation is 1. The molecule has 0 unspecified atom stereocenters. The zero-order valence-electron chi connectivity index (χ0n) is 10.9. The molecule has 0 aromatic carbocycles. The second kappa shape index (κ2) is 5.96. The lowest BCUT2D eigenvalue weighted by Gasteiger charge is -2.27. The molecule has 1 fully saturated rings. The number of nitrogens with zero attached hydrogens (tertiary/aromatic N) is 3. The molecule has 4 heteroatoms. The monoisotopic (exact) mass is 234 g/mol. The molecule has 0 amide bonds. The average Bonchev–Trinajstić information content (AvgIpc) is 2.37. The zero-order chi connectivity index (χ0) is 12.1. The first-order valence-electron chi connectivity index (χ1n) is 6.60. The number of rotatable bonds is 4. The van der Waals surface area contributed by atoms with Crippen LogP contribution in [0.25, 0.3) is 0 Å². The lowest BCUT2D eigenvalue weighted by molar-refractivity contribution is 0.565. The van der Waals surface area contributed by atoms with E-state index in [-0.39, 0.29) is 0 Å². The molecule has 94 valence electrons. The van der Waals surface area contributed by atoms with Crippen molar-refractivity contribution < 1.29 is 0 Å². The summed E-state index contributed by atoms with van der Waals surface area (Å²) in [6, 6.07) is 2.07. The van der Waals surface area contributed by atoms with Gasteiger partial charge >= 0.3 is 0 Å². The largest absolute Gasteiger partial charge is 0.341 e. The molecular formula is C13H22N4. The fourth-order valence-corrected chi connectivity index (χ4v) is 2.20. The molecule has 0 atom stereocenters. The van der Waals surface area contributed by atoms with Gasteiger partial charge in [0.1, 0.15) is 0 Å². The molecule has 1 aliphatic rings. The fourth-order valence-electron chi connectivity index (χ4n) is 2.20. The maximum absolute atomic E-state index is 4.65. The van der Waals surface area contributed by atoms with Gasteiger partial charge in [0.2, 0.25) is 5.95 Å². The van der Waals surface area contributed by atoms with Crippen molar-refractivity contribution in [2.24, 2.45) is 0 Å². The molecule has 1 aromatic heterocycles. The first-order chi connectivity index (χ1) is 8.29. The Morgan fingerprint density at radius 1 is 1.24 bits per heavy atom. The van der Waals surface area contributed by atoms with Crippen LogP contribution in [0.5, 0.6) is 0 Å². The third-order valence-electron chi connectivity index (χ3n) is 3.09. The summed E-state index contributed by atoms with van der Waals surface area (Å²) in [5.41, 5.74) is 2.16. The van der Waals surface area contributed by atoms with Crippen molar-refractivity contribution in [1.82, 2.24) is 15.3 Å². The van der Waals surface area contributed by atoms with Gasteiger partial charge in [0.05, 0.1) is 5.69 Å². The summed E-state index contributed by atoms with van der Waals surface area (Å²) in [4.78, 5) is 11.5. The van der Waals surface area contributed by atoms with Crippen LogP contribution in [0.15, 0.2) is 6.07 Å². The second-order valence-corrected chi connectivity index (χ2v) is 4.63. The maximum Gasteiger partial charge on any atom is 0.225 e. The van der Waals surface area contributed by atoms with Crippen molar-refractivity contribution in [2.45, 2.75) is 39.7 Å². The van der Waals surface area contributed by atoms with E-state index in [1.807, 2.05) is 6.92 Å². The standard InChI is InChI=1S/C13H22N4/c1-3-14-10-12-9-11(2)15-13(16-12)17-7-5-4-6-8-17/h9,14H,3-8,10H2,1-2H3. The lowest BCUT2D eigenvalue weighted by Crippen LogP contribution is -2.31. The topological polar surface area (TPSA) is 41.1 Å². The van der Waals surface area contributed by atoms with Crippen molar-refractivity contribution in [3.63, 3.8) is 0 Å². The van der Waals surface area contributed by atoms with Gasteiger partial charge in [-0.1, -0.05) is 6.92 Å².